The standard InChI is InChI=1S/C10H9N5O/c11-3-5-15(6-4-12)10(16)8-1-2-9(13)14-7-8/h1-2,7H,5-6H2,(H2,13,14). The van der Waals surface area contributed by atoms with Gasteiger partial charge < -0.3 is 10.6 Å². The van der Waals surface area contributed by atoms with Crippen LogP contribution in [0.1, 0.15) is 10.4 Å². The van der Waals surface area contributed by atoms with Crippen molar-refractivity contribution < 1.29 is 4.79 Å². The summed E-state index contributed by atoms with van der Waals surface area (Å²) in [5, 5.41) is 17.0. The predicted octanol–water partition coefficient (Wildman–Crippen LogP) is 0.153. The minimum atomic E-state index is -0.407. The first-order valence-corrected chi connectivity index (χ1v) is 4.43. The summed E-state index contributed by atoms with van der Waals surface area (Å²) in [5.41, 5.74) is 5.68. The maximum absolute atomic E-state index is 11.8. The van der Waals surface area contributed by atoms with E-state index >= 15 is 0 Å². The van der Waals surface area contributed by atoms with Crippen LogP contribution in [0.3, 0.4) is 0 Å². The van der Waals surface area contributed by atoms with Crippen molar-refractivity contribution in [2.75, 3.05) is 18.8 Å². The van der Waals surface area contributed by atoms with E-state index in [0.29, 0.717) is 11.4 Å². The van der Waals surface area contributed by atoms with Crippen molar-refractivity contribution in [1.82, 2.24) is 9.88 Å². The molecule has 0 saturated carbocycles. The molecule has 0 aliphatic heterocycles. The molecule has 0 aliphatic carbocycles. The van der Waals surface area contributed by atoms with Crippen LogP contribution in [0.25, 0.3) is 0 Å². The minimum Gasteiger partial charge on any atom is -0.384 e. The summed E-state index contributed by atoms with van der Waals surface area (Å²) in [6.07, 6.45) is 1.32. The van der Waals surface area contributed by atoms with Gasteiger partial charge in [-0.1, -0.05) is 0 Å². The van der Waals surface area contributed by atoms with Crippen molar-refractivity contribution in [1.29, 1.82) is 10.5 Å². The lowest BCUT2D eigenvalue weighted by atomic mass is 10.2. The molecule has 1 heterocycles. The zero-order chi connectivity index (χ0) is 12.0. The monoisotopic (exact) mass is 215 g/mol. The van der Waals surface area contributed by atoms with Gasteiger partial charge in [0.1, 0.15) is 18.9 Å². The number of amides is 1. The number of carbonyl (C=O) groups excluding carboxylic acids is 1. The third-order valence-electron chi connectivity index (χ3n) is 1.84. The number of hydrogen-bond donors (Lipinski definition) is 1. The molecule has 0 aromatic carbocycles. The lowest BCUT2D eigenvalue weighted by Crippen LogP contribution is -2.31. The van der Waals surface area contributed by atoms with Crippen molar-refractivity contribution in [2.45, 2.75) is 0 Å². The molecule has 0 bridgehead atoms. The van der Waals surface area contributed by atoms with E-state index in [1.165, 1.54) is 18.3 Å². The minimum absolute atomic E-state index is 0.128. The number of anilines is 1. The molecule has 0 saturated heterocycles. The number of pyridine rings is 1. The van der Waals surface area contributed by atoms with Crippen molar-refractivity contribution in [3.05, 3.63) is 23.9 Å². The number of nitrogen functional groups attached to an aromatic ring is 1. The smallest absolute Gasteiger partial charge is 0.257 e. The SMILES string of the molecule is N#CCN(CC#N)C(=O)c1ccc(N)nc1. The highest BCUT2D eigenvalue weighted by Crippen LogP contribution is 2.05. The van der Waals surface area contributed by atoms with Gasteiger partial charge in [-0.2, -0.15) is 10.5 Å². The van der Waals surface area contributed by atoms with Crippen molar-refractivity contribution in [3.8, 4) is 12.1 Å². The third-order valence-corrected chi connectivity index (χ3v) is 1.84. The lowest BCUT2D eigenvalue weighted by Gasteiger charge is -2.15. The number of nitrogens with two attached hydrogens (primary N) is 1. The van der Waals surface area contributed by atoms with Gasteiger partial charge in [-0.25, -0.2) is 4.98 Å². The Bertz CT molecular complexity index is 438. The van der Waals surface area contributed by atoms with Gasteiger partial charge in [-0.3, -0.25) is 4.79 Å². The van der Waals surface area contributed by atoms with Crippen molar-refractivity contribution in [3.63, 3.8) is 0 Å². The van der Waals surface area contributed by atoms with Crippen LogP contribution in [-0.4, -0.2) is 28.9 Å². The van der Waals surface area contributed by atoms with E-state index in [1.807, 2.05) is 12.1 Å². The summed E-state index contributed by atoms with van der Waals surface area (Å²) in [5.74, 6) is -0.0979. The normalized spacial score (nSPS) is 8.88. The summed E-state index contributed by atoms with van der Waals surface area (Å²) < 4.78 is 0. The molecular formula is C10H9N5O. The molecule has 1 rings (SSSR count). The molecule has 16 heavy (non-hydrogen) atoms. The van der Waals surface area contributed by atoms with Crippen LogP contribution in [0, 0.1) is 22.7 Å². The molecule has 0 radical (unpaired) electrons. The average molecular weight is 215 g/mol. The summed E-state index contributed by atoms with van der Waals surface area (Å²) in [7, 11) is 0. The molecule has 80 valence electrons. The second kappa shape index (κ2) is 5.32. The molecule has 0 spiro atoms. The molecule has 6 nitrogen and oxygen atoms in total. The van der Waals surface area contributed by atoms with E-state index in [9.17, 15) is 4.79 Å². The molecule has 1 aromatic heterocycles. The van der Waals surface area contributed by atoms with Crippen molar-refractivity contribution in [2.24, 2.45) is 0 Å². The Labute approximate surface area is 92.5 Å². The summed E-state index contributed by atoms with van der Waals surface area (Å²) in [6, 6.07) is 6.64. The van der Waals surface area contributed by atoms with Gasteiger partial charge in [0.25, 0.3) is 5.91 Å². The number of nitriles is 2. The van der Waals surface area contributed by atoms with E-state index < -0.39 is 5.91 Å². The van der Waals surface area contributed by atoms with Crippen LogP contribution in [0.2, 0.25) is 0 Å². The second-order valence-electron chi connectivity index (χ2n) is 2.95. The predicted molar refractivity (Wildman–Crippen MR) is 55.8 cm³/mol. The van der Waals surface area contributed by atoms with Gasteiger partial charge >= 0.3 is 0 Å². The number of hydrogen-bond acceptors (Lipinski definition) is 5. The Kier molecular flexibility index (Phi) is 3.82. The first-order valence-electron chi connectivity index (χ1n) is 4.43. The molecule has 1 amide bonds. The first kappa shape index (κ1) is 11.5. The van der Waals surface area contributed by atoms with E-state index in [-0.39, 0.29) is 13.1 Å². The van der Waals surface area contributed by atoms with Gasteiger partial charge in [0.2, 0.25) is 0 Å². The Balaban J connectivity index is 2.87. The Morgan fingerprint density at radius 2 is 2.00 bits per heavy atom. The molecule has 0 unspecified atom stereocenters. The fourth-order valence-electron chi connectivity index (χ4n) is 1.08. The van der Waals surface area contributed by atoms with Crippen molar-refractivity contribution >= 4 is 11.7 Å². The number of aromatic nitrogens is 1. The summed E-state index contributed by atoms with van der Waals surface area (Å²) >= 11 is 0. The molecular weight excluding hydrogens is 206 g/mol. The fraction of sp³-hybridized carbons (Fsp3) is 0.200. The maximum Gasteiger partial charge on any atom is 0.257 e. The topological polar surface area (TPSA) is 107 Å². The second-order valence-corrected chi connectivity index (χ2v) is 2.95. The Hall–Kier alpha value is -2.60. The maximum atomic E-state index is 11.8. The highest BCUT2D eigenvalue weighted by atomic mass is 16.2. The summed E-state index contributed by atoms with van der Waals surface area (Å²) in [4.78, 5) is 16.7. The zero-order valence-corrected chi connectivity index (χ0v) is 8.42. The van der Waals surface area contributed by atoms with Gasteiger partial charge in [-0.15, -0.1) is 0 Å². The van der Waals surface area contributed by atoms with E-state index in [0.717, 1.165) is 4.90 Å². The molecule has 0 fully saturated rings. The molecule has 0 atom stereocenters. The first-order chi connectivity index (χ1) is 7.69. The quantitative estimate of drug-likeness (QED) is 0.722. The zero-order valence-electron chi connectivity index (χ0n) is 8.42. The van der Waals surface area contributed by atoms with E-state index in [2.05, 4.69) is 4.98 Å². The van der Waals surface area contributed by atoms with Gasteiger partial charge in [0, 0.05) is 6.20 Å². The molecule has 0 aliphatic rings. The summed E-state index contributed by atoms with van der Waals surface area (Å²) in [6.45, 7) is -0.256. The Morgan fingerprint density at radius 3 is 2.44 bits per heavy atom. The van der Waals surface area contributed by atoms with Gasteiger partial charge in [0.15, 0.2) is 0 Å². The van der Waals surface area contributed by atoms with Crippen LogP contribution < -0.4 is 5.73 Å². The average Bonchev–Trinajstić information content (AvgIpc) is 2.29. The van der Waals surface area contributed by atoms with Crippen LogP contribution >= 0.6 is 0 Å². The number of rotatable bonds is 3. The largest absolute Gasteiger partial charge is 0.384 e. The van der Waals surface area contributed by atoms with E-state index in [4.69, 9.17) is 16.3 Å². The van der Waals surface area contributed by atoms with E-state index in [1.54, 1.807) is 0 Å². The van der Waals surface area contributed by atoms with Crippen LogP contribution in [0.5, 0.6) is 0 Å². The number of carbonyl (C=O) groups is 1. The fourth-order valence-corrected chi connectivity index (χ4v) is 1.08. The van der Waals surface area contributed by atoms with Crippen LogP contribution in [-0.2, 0) is 0 Å². The third kappa shape index (κ3) is 2.69. The van der Waals surface area contributed by atoms with Gasteiger partial charge in [0.05, 0.1) is 17.7 Å². The highest BCUT2D eigenvalue weighted by Gasteiger charge is 2.14. The lowest BCUT2D eigenvalue weighted by molar-refractivity contribution is 0.0794. The Morgan fingerprint density at radius 1 is 1.38 bits per heavy atom. The molecule has 1 aromatic rings. The molecule has 6 heteroatoms. The molecule has 2 N–H and O–H groups in total. The van der Waals surface area contributed by atoms with Crippen LogP contribution in [0.15, 0.2) is 18.3 Å². The number of nitrogens with zero attached hydrogens (tertiary/aromatic N) is 4. The van der Waals surface area contributed by atoms with Crippen LogP contribution in [0.4, 0.5) is 5.82 Å². The highest BCUT2D eigenvalue weighted by molar-refractivity contribution is 5.94. The van der Waals surface area contributed by atoms with Gasteiger partial charge in [-0.05, 0) is 12.1 Å².